The van der Waals surface area contributed by atoms with Gasteiger partial charge in [-0.25, -0.2) is 0 Å². The minimum atomic E-state index is 1.30. The smallest absolute Gasteiger partial charge is 0.00672 e. The van der Waals surface area contributed by atoms with Gasteiger partial charge in [0.1, 0.15) is 0 Å². The molecule has 1 aromatic carbocycles. The lowest BCUT2D eigenvalue weighted by molar-refractivity contribution is 0.685. The summed E-state index contributed by atoms with van der Waals surface area (Å²) >= 11 is 2.07. The molecule has 0 amide bonds. The Bertz CT molecular complexity index is 257. The number of aryl methyl sites for hydroxylation is 2. The third-order valence-corrected chi connectivity index (χ3v) is 4.24. The summed E-state index contributed by atoms with van der Waals surface area (Å²) in [7, 11) is 0. The third kappa shape index (κ3) is 3.57. The zero-order valence-electron chi connectivity index (χ0n) is 9.37. The third-order valence-electron chi connectivity index (χ3n) is 3.09. The van der Waals surface area contributed by atoms with Gasteiger partial charge in [-0.1, -0.05) is 24.3 Å². The Morgan fingerprint density at radius 3 is 1.67 bits per heavy atom. The number of fused-ring (bicyclic) bond motifs is 1. The Kier molecular flexibility index (Phi) is 4.59. The van der Waals surface area contributed by atoms with Crippen LogP contribution in [0.2, 0.25) is 0 Å². The van der Waals surface area contributed by atoms with Gasteiger partial charge in [-0.3, -0.25) is 0 Å². The van der Waals surface area contributed by atoms with E-state index in [1.54, 1.807) is 11.1 Å². The predicted molar refractivity (Wildman–Crippen MR) is 69.6 cm³/mol. The van der Waals surface area contributed by atoms with Crippen molar-refractivity contribution in [1.29, 1.82) is 0 Å². The molecule has 1 aromatic rings. The molecule has 1 fully saturated rings. The summed E-state index contributed by atoms with van der Waals surface area (Å²) in [6, 6.07) is 8.80. The second-order valence-electron chi connectivity index (χ2n) is 4.30. The lowest BCUT2D eigenvalue weighted by atomic mass is 9.92. The maximum Gasteiger partial charge on any atom is -0.00672 e. The van der Waals surface area contributed by atoms with Crippen LogP contribution in [0.1, 0.15) is 36.8 Å². The summed E-state index contributed by atoms with van der Waals surface area (Å²) in [5.74, 6) is 2.83. The van der Waals surface area contributed by atoms with Crippen molar-refractivity contribution in [2.45, 2.75) is 38.5 Å². The molecule has 82 valence electrons. The van der Waals surface area contributed by atoms with Crippen molar-refractivity contribution in [3.05, 3.63) is 35.4 Å². The minimum absolute atomic E-state index is 1.30. The van der Waals surface area contributed by atoms with E-state index in [9.17, 15) is 0 Å². The molecule has 0 spiro atoms. The maximum atomic E-state index is 2.26. The van der Waals surface area contributed by atoms with Gasteiger partial charge >= 0.3 is 0 Å². The van der Waals surface area contributed by atoms with E-state index in [1.807, 2.05) is 0 Å². The van der Waals surface area contributed by atoms with E-state index >= 15 is 0 Å². The normalized spacial score (nSPS) is 18.9. The van der Waals surface area contributed by atoms with Crippen molar-refractivity contribution >= 4 is 11.8 Å². The summed E-state index contributed by atoms with van der Waals surface area (Å²) < 4.78 is 0. The van der Waals surface area contributed by atoms with Gasteiger partial charge in [0, 0.05) is 0 Å². The van der Waals surface area contributed by atoms with Crippen molar-refractivity contribution in [1.82, 2.24) is 0 Å². The number of hydrogen-bond donors (Lipinski definition) is 0. The molecule has 1 heterocycles. The van der Waals surface area contributed by atoms with Crippen molar-refractivity contribution < 1.29 is 0 Å². The molecule has 1 aliphatic carbocycles. The fourth-order valence-electron chi connectivity index (χ4n) is 2.19. The average molecular weight is 220 g/mol. The molecule has 0 nitrogen and oxygen atoms in total. The first-order valence-electron chi connectivity index (χ1n) is 6.11. The van der Waals surface area contributed by atoms with Gasteiger partial charge in [0.25, 0.3) is 0 Å². The molecule has 1 aliphatic heterocycles. The van der Waals surface area contributed by atoms with Crippen molar-refractivity contribution in [3.63, 3.8) is 0 Å². The van der Waals surface area contributed by atoms with Gasteiger partial charge < -0.3 is 0 Å². The second-order valence-corrected chi connectivity index (χ2v) is 5.52. The number of benzene rings is 1. The fourth-order valence-corrected chi connectivity index (χ4v) is 3.21. The van der Waals surface area contributed by atoms with Crippen LogP contribution in [0.5, 0.6) is 0 Å². The van der Waals surface area contributed by atoms with Crippen LogP contribution < -0.4 is 0 Å². The Morgan fingerprint density at radius 2 is 1.27 bits per heavy atom. The number of thioether (sulfide) groups is 1. The first kappa shape index (κ1) is 11.1. The molecule has 1 heteroatoms. The van der Waals surface area contributed by atoms with Crippen LogP contribution in [0.25, 0.3) is 0 Å². The fraction of sp³-hybridized carbons (Fsp3) is 0.571. The standard InChI is InChI=1S/C10H12.C4H8S/c1-2-6-10-8-4-3-7-9(10)5-1;1-2-4-5-3-1/h1-2,5-6H,3-4,7-8H2;1-4H2. The van der Waals surface area contributed by atoms with Gasteiger partial charge in [0.15, 0.2) is 0 Å². The molecular weight excluding hydrogens is 200 g/mol. The van der Waals surface area contributed by atoms with Gasteiger partial charge in [0.05, 0.1) is 0 Å². The Hall–Kier alpha value is -0.430. The van der Waals surface area contributed by atoms with E-state index in [-0.39, 0.29) is 0 Å². The minimum Gasteiger partial charge on any atom is -0.162 e. The Morgan fingerprint density at radius 1 is 0.733 bits per heavy atom. The first-order chi connectivity index (χ1) is 7.47. The zero-order valence-corrected chi connectivity index (χ0v) is 10.2. The molecule has 0 bridgehead atoms. The van der Waals surface area contributed by atoms with E-state index in [0.717, 1.165) is 0 Å². The topological polar surface area (TPSA) is 0 Å². The predicted octanol–water partition coefficient (Wildman–Crippen LogP) is 4.08. The monoisotopic (exact) mass is 220 g/mol. The number of rotatable bonds is 0. The van der Waals surface area contributed by atoms with Crippen LogP contribution in [0.3, 0.4) is 0 Å². The summed E-state index contributed by atoms with van der Waals surface area (Å²) in [5, 5.41) is 0. The second kappa shape index (κ2) is 6.22. The van der Waals surface area contributed by atoms with Crippen LogP contribution in [0.15, 0.2) is 24.3 Å². The van der Waals surface area contributed by atoms with E-state index in [2.05, 4.69) is 36.0 Å². The van der Waals surface area contributed by atoms with Crippen molar-refractivity contribution in [3.8, 4) is 0 Å². The summed E-state index contributed by atoms with van der Waals surface area (Å²) in [4.78, 5) is 0. The highest BCUT2D eigenvalue weighted by molar-refractivity contribution is 7.99. The van der Waals surface area contributed by atoms with E-state index < -0.39 is 0 Å². The molecule has 15 heavy (non-hydrogen) atoms. The Labute approximate surface area is 97.5 Å². The van der Waals surface area contributed by atoms with Gasteiger partial charge in [0.2, 0.25) is 0 Å². The van der Waals surface area contributed by atoms with Crippen LogP contribution in [0, 0.1) is 0 Å². The van der Waals surface area contributed by atoms with Gasteiger partial charge in [-0.2, -0.15) is 11.8 Å². The first-order valence-corrected chi connectivity index (χ1v) is 7.27. The lowest BCUT2D eigenvalue weighted by Crippen LogP contribution is -2.00. The molecule has 1 saturated heterocycles. The highest BCUT2D eigenvalue weighted by Gasteiger charge is 2.05. The highest BCUT2D eigenvalue weighted by Crippen LogP contribution is 2.19. The van der Waals surface area contributed by atoms with Crippen LogP contribution in [0.4, 0.5) is 0 Å². The van der Waals surface area contributed by atoms with Crippen molar-refractivity contribution in [2.24, 2.45) is 0 Å². The van der Waals surface area contributed by atoms with Gasteiger partial charge in [-0.15, -0.1) is 0 Å². The zero-order chi connectivity index (χ0) is 10.3. The lowest BCUT2D eigenvalue weighted by Gasteiger charge is -2.13. The summed E-state index contributed by atoms with van der Waals surface area (Å²) in [5.41, 5.74) is 3.16. The molecule has 2 aliphatic rings. The average Bonchev–Trinajstić information content (AvgIpc) is 2.88. The van der Waals surface area contributed by atoms with E-state index in [4.69, 9.17) is 0 Å². The van der Waals surface area contributed by atoms with Gasteiger partial charge in [-0.05, 0) is 61.2 Å². The van der Waals surface area contributed by atoms with E-state index in [0.29, 0.717) is 0 Å². The summed E-state index contributed by atoms with van der Waals surface area (Å²) in [6.45, 7) is 0. The molecule has 3 rings (SSSR count). The molecule has 0 N–H and O–H groups in total. The Balaban J connectivity index is 0.000000144. The van der Waals surface area contributed by atoms with Crippen LogP contribution in [-0.2, 0) is 12.8 Å². The van der Waals surface area contributed by atoms with Crippen LogP contribution >= 0.6 is 11.8 Å². The molecule has 0 aromatic heterocycles. The summed E-state index contributed by atoms with van der Waals surface area (Å²) in [6.07, 6.45) is 8.30. The van der Waals surface area contributed by atoms with Crippen molar-refractivity contribution in [2.75, 3.05) is 11.5 Å². The molecular formula is C14H20S. The molecule has 0 radical (unpaired) electrons. The quantitative estimate of drug-likeness (QED) is 0.635. The highest BCUT2D eigenvalue weighted by atomic mass is 32.2. The largest absolute Gasteiger partial charge is 0.162 e. The molecule has 0 unspecified atom stereocenters. The molecule has 0 saturated carbocycles. The maximum absolute atomic E-state index is 2.26. The number of hydrogen-bond acceptors (Lipinski definition) is 1. The van der Waals surface area contributed by atoms with E-state index in [1.165, 1.54) is 50.0 Å². The molecule has 0 atom stereocenters. The SMILES string of the molecule is C1CCSC1.c1ccc2c(c1)CCCC2. The van der Waals surface area contributed by atoms with Crippen LogP contribution in [-0.4, -0.2) is 11.5 Å².